The van der Waals surface area contributed by atoms with Crippen LogP contribution in [0.2, 0.25) is 0 Å². The highest BCUT2D eigenvalue weighted by molar-refractivity contribution is 5.86. The number of rotatable bonds is 13. The molecule has 2 unspecified atom stereocenters. The third kappa shape index (κ3) is 7.48. The number of carboxylic acid groups (broad SMARTS) is 1. The van der Waals surface area contributed by atoms with Crippen LogP contribution in [0.5, 0.6) is 0 Å². The van der Waals surface area contributed by atoms with Gasteiger partial charge in [0, 0.05) is 32.0 Å². The highest BCUT2D eigenvalue weighted by atomic mass is 16.5. The molecule has 8 nitrogen and oxygen atoms in total. The van der Waals surface area contributed by atoms with Gasteiger partial charge in [0.2, 0.25) is 5.91 Å². The lowest BCUT2D eigenvalue weighted by Crippen LogP contribution is -2.52. The standard InChI is InChI=1S/C32H37N3O5/c1-3-22(17-30(36)37)18-33-31(38)29(20-35(2)19-23-11-5-4-6-12-23)34-32(39)40-21-28-26-15-9-7-13-24(26)25-14-8-10-16-27(25)28/h4-16,22,28-29H,3,17-21H2,1-2H3,(H,33,38)(H,34,39)(H,36,37). The molecule has 1 aliphatic rings. The molecule has 4 rings (SSSR count). The fourth-order valence-corrected chi connectivity index (χ4v) is 5.22. The Morgan fingerprint density at radius 2 is 1.52 bits per heavy atom. The Hall–Kier alpha value is -4.17. The van der Waals surface area contributed by atoms with Gasteiger partial charge in [0.1, 0.15) is 12.6 Å². The Morgan fingerprint density at radius 3 is 2.12 bits per heavy atom. The van der Waals surface area contributed by atoms with Crippen molar-refractivity contribution in [1.82, 2.24) is 15.5 Å². The van der Waals surface area contributed by atoms with Crippen LogP contribution in [0.3, 0.4) is 0 Å². The van der Waals surface area contributed by atoms with E-state index in [9.17, 15) is 14.4 Å². The molecule has 0 fully saturated rings. The quantitative estimate of drug-likeness (QED) is 0.290. The van der Waals surface area contributed by atoms with Crippen LogP contribution in [0, 0.1) is 5.92 Å². The maximum absolute atomic E-state index is 13.2. The van der Waals surface area contributed by atoms with Crippen LogP contribution in [0.25, 0.3) is 11.1 Å². The molecule has 3 aromatic carbocycles. The van der Waals surface area contributed by atoms with Crippen molar-refractivity contribution in [2.24, 2.45) is 5.92 Å². The zero-order valence-corrected chi connectivity index (χ0v) is 23.0. The largest absolute Gasteiger partial charge is 0.481 e. The van der Waals surface area contributed by atoms with Gasteiger partial charge in [-0.15, -0.1) is 0 Å². The molecule has 0 spiro atoms. The van der Waals surface area contributed by atoms with Crippen molar-refractivity contribution in [1.29, 1.82) is 0 Å². The van der Waals surface area contributed by atoms with Gasteiger partial charge in [-0.1, -0.05) is 92.2 Å². The number of hydrogen-bond acceptors (Lipinski definition) is 5. The highest BCUT2D eigenvalue weighted by Gasteiger charge is 2.30. The van der Waals surface area contributed by atoms with Gasteiger partial charge in [-0.2, -0.15) is 0 Å². The summed E-state index contributed by atoms with van der Waals surface area (Å²) in [5, 5.41) is 14.7. The minimum Gasteiger partial charge on any atom is -0.481 e. The van der Waals surface area contributed by atoms with Crippen molar-refractivity contribution in [3.63, 3.8) is 0 Å². The Bertz CT molecular complexity index is 1270. The van der Waals surface area contributed by atoms with E-state index < -0.39 is 18.1 Å². The van der Waals surface area contributed by atoms with Crippen LogP contribution >= 0.6 is 0 Å². The van der Waals surface area contributed by atoms with Gasteiger partial charge in [0.15, 0.2) is 0 Å². The van der Waals surface area contributed by atoms with Gasteiger partial charge in [-0.05, 0) is 40.8 Å². The van der Waals surface area contributed by atoms with Gasteiger partial charge in [0.25, 0.3) is 0 Å². The van der Waals surface area contributed by atoms with Gasteiger partial charge in [-0.25, -0.2) is 4.79 Å². The van der Waals surface area contributed by atoms with Crippen molar-refractivity contribution in [2.45, 2.75) is 38.3 Å². The molecule has 0 aliphatic heterocycles. The first kappa shape index (κ1) is 28.8. The van der Waals surface area contributed by atoms with E-state index in [1.54, 1.807) is 0 Å². The topological polar surface area (TPSA) is 108 Å². The number of aliphatic carboxylic acids is 1. The zero-order valence-electron chi connectivity index (χ0n) is 23.0. The summed E-state index contributed by atoms with van der Waals surface area (Å²) >= 11 is 0. The average Bonchev–Trinajstić information content (AvgIpc) is 3.27. The number of alkyl carbamates (subject to hydrolysis) is 1. The number of nitrogens with one attached hydrogen (secondary N) is 2. The summed E-state index contributed by atoms with van der Waals surface area (Å²) in [6.45, 7) is 3.09. The predicted octanol–water partition coefficient (Wildman–Crippen LogP) is 4.64. The Morgan fingerprint density at radius 1 is 0.925 bits per heavy atom. The number of nitrogens with zero attached hydrogens (tertiary/aromatic N) is 1. The summed E-state index contributed by atoms with van der Waals surface area (Å²) in [6.07, 6.45) is -0.0900. The summed E-state index contributed by atoms with van der Waals surface area (Å²) in [5.74, 6) is -1.57. The number of carboxylic acids is 1. The second-order valence-electron chi connectivity index (χ2n) is 10.3. The van der Waals surface area contributed by atoms with Crippen molar-refractivity contribution in [3.8, 4) is 11.1 Å². The first-order valence-corrected chi connectivity index (χ1v) is 13.7. The van der Waals surface area contributed by atoms with E-state index >= 15 is 0 Å². The SMILES string of the molecule is CCC(CNC(=O)C(CN(C)Cc1ccccc1)NC(=O)OCC1c2ccccc2-c2ccccc21)CC(=O)O. The number of likely N-dealkylation sites (N-methyl/N-ethyl adjacent to an activating group) is 1. The van der Waals surface area contributed by atoms with E-state index in [1.807, 2.05) is 73.5 Å². The summed E-state index contributed by atoms with van der Waals surface area (Å²) < 4.78 is 5.69. The first-order chi connectivity index (χ1) is 19.4. The number of benzene rings is 3. The second-order valence-corrected chi connectivity index (χ2v) is 10.3. The van der Waals surface area contributed by atoms with Gasteiger partial charge >= 0.3 is 12.1 Å². The molecule has 8 heteroatoms. The molecule has 0 saturated carbocycles. The fraction of sp³-hybridized carbons (Fsp3) is 0.344. The molecule has 40 heavy (non-hydrogen) atoms. The molecular formula is C32H37N3O5. The second kappa shape index (κ2) is 13.8. The lowest BCUT2D eigenvalue weighted by Gasteiger charge is -2.25. The molecular weight excluding hydrogens is 506 g/mol. The van der Waals surface area contributed by atoms with Crippen molar-refractivity contribution in [3.05, 3.63) is 95.6 Å². The molecule has 2 atom stereocenters. The Kier molecular flexibility index (Phi) is 9.91. The van der Waals surface area contributed by atoms with E-state index in [4.69, 9.17) is 9.84 Å². The maximum Gasteiger partial charge on any atom is 0.407 e. The van der Waals surface area contributed by atoms with Crippen LogP contribution in [0.4, 0.5) is 4.79 Å². The molecule has 3 aromatic rings. The normalized spacial score (nSPS) is 13.7. The summed E-state index contributed by atoms with van der Waals surface area (Å²) in [4.78, 5) is 39.3. The van der Waals surface area contributed by atoms with E-state index in [-0.39, 0.29) is 43.9 Å². The van der Waals surface area contributed by atoms with Crippen LogP contribution in [0.1, 0.15) is 42.4 Å². The molecule has 1 aliphatic carbocycles. The maximum atomic E-state index is 13.2. The van der Waals surface area contributed by atoms with Crippen LogP contribution in [-0.4, -0.2) is 60.8 Å². The number of hydrogen-bond donors (Lipinski definition) is 3. The number of fused-ring (bicyclic) bond motifs is 3. The van der Waals surface area contributed by atoms with E-state index in [0.717, 1.165) is 27.8 Å². The van der Waals surface area contributed by atoms with Crippen molar-refractivity contribution < 1.29 is 24.2 Å². The van der Waals surface area contributed by atoms with Gasteiger partial charge in [0.05, 0.1) is 0 Å². The highest BCUT2D eigenvalue weighted by Crippen LogP contribution is 2.44. The minimum atomic E-state index is -0.906. The zero-order chi connectivity index (χ0) is 28.5. The lowest BCUT2D eigenvalue weighted by atomic mass is 9.98. The van der Waals surface area contributed by atoms with Gasteiger partial charge in [-0.3, -0.25) is 14.5 Å². The summed E-state index contributed by atoms with van der Waals surface area (Å²) in [7, 11) is 1.88. The first-order valence-electron chi connectivity index (χ1n) is 13.7. The smallest absolute Gasteiger partial charge is 0.407 e. The van der Waals surface area contributed by atoms with Crippen LogP contribution in [0.15, 0.2) is 78.9 Å². The third-order valence-corrected chi connectivity index (χ3v) is 7.35. The van der Waals surface area contributed by atoms with Gasteiger partial charge < -0.3 is 20.5 Å². The molecule has 0 aromatic heterocycles. The summed E-state index contributed by atoms with van der Waals surface area (Å²) in [6, 6.07) is 25.2. The van der Waals surface area contributed by atoms with E-state index in [1.165, 1.54) is 0 Å². The number of ether oxygens (including phenoxy) is 1. The van der Waals surface area contributed by atoms with Crippen molar-refractivity contribution in [2.75, 3.05) is 26.7 Å². The molecule has 2 amide bonds. The minimum absolute atomic E-state index is 0.0326. The third-order valence-electron chi connectivity index (χ3n) is 7.35. The number of carbonyl (C=O) groups is 3. The molecule has 0 radical (unpaired) electrons. The number of amides is 2. The monoisotopic (exact) mass is 543 g/mol. The fourth-order valence-electron chi connectivity index (χ4n) is 5.22. The molecule has 0 bridgehead atoms. The summed E-state index contributed by atoms with van der Waals surface area (Å²) in [5.41, 5.74) is 5.57. The van der Waals surface area contributed by atoms with Crippen LogP contribution in [-0.2, 0) is 20.9 Å². The molecule has 3 N–H and O–H groups in total. The van der Waals surface area contributed by atoms with Crippen LogP contribution < -0.4 is 10.6 Å². The average molecular weight is 544 g/mol. The Labute approximate surface area is 235 Å². The number of carbonyl (C=O) groups excluding carboxylic acids is 2. The van der Waals surface area contributed by atoms with E-state index in [0.29, 0.717) is 13.0 Å². The van der Waals surface area contributed by atoms with Crippen molar-refractivity contribution >= 4 is 18.0 Å². The lowest BCUT2D eigenvalue weighted by molar-refractivity contribution is -0.138. The predicted molar refractivity (Wildman–Crippen MR) is 154 cm³/mol. The Balaban J connectivity index is 1.41. The molecule has 0 saturated heterocycles. The molecule has 0 heterocycles. The molecule has 210 valence electrons. The van der Waals surface area contributed by atoms with E-state index in [2.05, 4.69) is 34.9 Å².